The normalized spacial score (nSPS) is 13.8. The molecular formula is C12H14N2O3. The van der Waals surface area contributed by atoms with Gasteiger partial charge in [-0.05, 0) is 31.5 Å². The molecule has 0 saturated heterocycles. The van der Waals surface area contributed by atoms with E-state index in [1.165, 1.54) is 6.39 Å². The van der Waals surface area contributed by atoms with Crippen molar-refractivity contribution in [1.82, 2.24) is 4.98 Å². The zero-order valence-electron chi connectivity index (χ0n) is 9.68. The van der Waals surface area contributed by atoms with Gasteiger partial charge in [-0.1, -0.05) is 6.07 Å². The number of hydrogen-bond acceptors (Lipinski definition) is 4. The van der Waals surface area contributed by atoms with Gasteiger partial charge in [0.1, 0.15) is 5.52 Å². The molecule has 90 valence electrons. The Hall–Kier alpha value is -1.88. The Balaban J connectivity index is 2.42. The second-order valence-corrected chi connectivity index (χ2v) is 4.58. The summed E-state index contributed by atoms with van der Waals surface area (Å²) in [6.07, 6.45) is 1.35. The van der Waals surface area contributed by atoms with Crippen molar-refractivity contribution in [3.63, 3.8) is 0 Å². The summed E-state index contributed by atoms with van der Waals surface area (Å²) < 4.78 is 5.17. The van der Waals surface area contributed by atoms with Gasteiger partial charge in [-0.2, -0.15) is 0 Å². The second-order valence-electron chi connectivity index (χ2n) is 4.58. The van der Waals surface area contributed by atoms with E-state index < -0.39 is 17.4 Å². The van der Waals surface area contributed by atoms with Crippen LogP contribution in [0.3, 0.4) is 0 Å². The van der Waals surface area contributed by atoms with Gasteiger partial charge < -0.3 is 15.3 Å². The van der Waals surface area contributed by atoms with E-state index in [9.17, 15) is 4.79 Å². The molecule has 0 bridgehead atoms. The van der Waals surface area contributed by atoms with Gasteiger partial charge in [0.15, 0.2) is 12.0 Å². The first kappa shape index (κ1) is 11.6. The number of rotatable bonds is 3. The van der Waals surface area contributed by atoms with Crippen LogP contribution in [0, 0.1) is 5.41 Å². The van der Waals surface area contributed by atoms with Crippen LogP contribution in [0.4, 0.5) is 0 Å². The Morgan fingerprint density at radius 2 is 2.24 bits per heavy atom. The number of aliphatic carboxylic acids is 1. The third-order valence-corrected chi connectivity index (χ3v) is 3.04. The molecule has 0 amide bonds. The minimum Gasteiger partial charge on any atom is -0.481 e. The van der Waals surface area contributed by atoms with Gasteiger partial charge >= 0.3 is 5.97 Å². The second kappa shape index (κ2) is 3.85. The van der Waals surface area contributed by atoms with Gasteiger partial charge in [0.2, 0.25) is 0 Å². The summed E-state index contributed by atoms with van der Waals surface area (Å²) in [5.41, 5.74) is 7.02. The molecule has 0 aliphatic heterocycles. The van der Waals surface area contributed by atoms with Gasteiger partial charge in [-0.25, -0.2) is 4.98 Å². The molecule has 0 spiro atoms. The number of benzene rings is 1. The Bertz CT molecular complexity index is 560. The summed E-state index contributed by atoms with van der Waals surface area (Å²) in [7, 11) is 0. The maximum atomic E-state index is 11.1. The van der Waals surface area contributed by atoms with Gasteiger partial charge in [0, 0.05) is 6.04 Å². The molecule has 0 aliphatic rings. The fraction of sp³-hybridized carbons (Fsp3) is 0.333. The van der Waals surface area contributed by atoms with Gasteiger partial charge in [-0.15, -0.1) is 0 Å². The van der Waals surface area contributed by atoms with Crippen molar-refractivity contribution >= 4 is 17.1 Å². The Morgan fingerprint density at radius 3 is 2.88 bits per heavy atom. The average Bonchev–Trinajstić information content (AvgIpc) is 2.74. The van der Waals surface area contributed by atoms with Crippen LogP contribution in [0.2, 0.25) is 0 Å². The van der Waals surface area contributed by atoms with Crippen LogP contribution < -0.4 is 5.73 Å². The van der Waals surface area contributed by atoms with Crippen LogP contribution in [0.1, 0.15) is 25.5 Å². The molecule has 0 radical (unpaired) electrons. The van der Waals surface area contributed by atoms with Crippen LogP contribution in [0.25, 0.3) is 11.1 Å². The van der Waals surface area contributed by atoms with E-state index in [4.69, 9.17) is 15.3 Å². The summed E-state index contributed by atoms with van der Waals surface area (Å²) >= 11 is 0. The van der Waals surface area contributed by atoms with Crippen LogP contribution >= 0.6 is 0 Å². The number of carboxylic acid groups (broad SMARTS) is 1. The number of aromatic nitrogens is 1. The van der Waals surface area contributed by atoms with Gasteiger partial charge in [0.25, 0.3) is 0 Å². The Kier molecular flexibility index (Phi) is 2.63. The van der Waals surface area contributed by atoms with E-state index >= 15 is 0 Å². The summed E-state index contributed by atoms with van der Waals surface area (Å²) in [5.74, 6) is -0.928. The van der Waals surface area contributed by atoms with E-state index in [0.29, 0.717) is 5.58 Å². The molecule has 1 aromatic heterocycles. The van der Waals surface area contributed by atoms with E-state index in [1.54, 1.807) is 32.0 Å². The lowest BCUT2D eigenvalue weighted by Gasteiger charge is -2.27. The SMILES string of the molecule is CC(C)(C(=O)O)C(N)c1ccc2ncoc2c1. The molecule has 0 fully saturated rings. The third kappa shape index (κ3) is 1.89. The predicted octanol–water partition coefficient (Wildman–Crippen LogP) is 1.94. The molecule has 2 aromatic rings. The third-order valence-electron chi connectivity index (χ3n) is 3.04. The molecule has 1 atom stereocenters. The van der Waals surface area contributed by atoms with Crippen molar-refractivity contribution in [3.8, 4) is 0 Å². The highest BCUT2D eigenvalue weighted by molar-refractivity contribution is 5.76. The molecule has 3 N–H and O–H groups in total. The van der Waals surface area contributed by atoms with Crippen LogP contribution in [-0.4, -0.2) is 16.1 Å². The van der Waals surface area contributed by atoms with Crippen molar-refractivity contribution in [3.05, 3.63) is 30.2 Å². The molecule has 5 nitrogen and oxygen atoms in total. The number of carbonyl (C=O) groups is 1. The highest BCUT2D eigenvalue weighted by Gasteiger charge is 2.35. The smallest absolute Gasteiger partial charge is 0.311 e. The number of nitrogens with two attached hydrogens (primary N) is 1. The van der Waals surface area contributed by atoms with Gasteiger partial charge in [-0.3, -0.25) is 4.79 Å². The number of fused-ring (bicyclic) bond motifs is 1. The monoisotopic (exact) mass is 234 g/mol. The van der Waals surface area contributed by atoms with Crippen molar-refractivity contribution in [1.29, 1.82) is 0 Å². The average molecular weight is 234 g/mol. The molecule has 2 rings (SSSR count). The summed E-state index contributed by atoms with van der Waals surface area (Å²) in [4.78, 5) is 15.1. The molecule has 1 heterocycles. The fourth-order valence-electron chi connectivity index (χ4n) is 1.61. The number of hydrogen-bond donors (Lipinski definition) is 2. The molecule has 5 heteroatoms. The minimum atomic E-state index is -1.03. The summed E-state index contributed by atoms with van der Waals surface area (Å²) in [5, 5.41) is 9.13. The lowest BCUT2D eigenvalue weighted by atomic mass is 9.81. The largest absolute Gasteiger partial charge is 0.481 e. The molecule has 0 aliphatic carbocycles. The van der Waals surface area contributed by atoms with E-state index in [1.807, 2.05) is 0 Å². The minimum absolute atomic E-state index is 0.602. The topological polar surface area (TPSA) is 89.3 Å². The standard InChI is InChI=1S/C12H14N2O3/c1-12(2,11(15)16)10(13)7-3-4-8-9(5-7)17-6-14-8/h3-6,10H,13H2,1-2H3,(H,15,16). The Morgan fingerprint density at radius 1 is 1.53 bits per heavy atom. The van der Waals surface area contributed by atoms with Crippen molar-refractivity contribution in [2.45, 2.75) is 19.9 Å². The summed E-state index contributed by atoms with van der Waals surface area (Å²) in [6, 6.07) is 4.68. The maximum absolute atomic E-state index is 11.1. The zero-order valence-corrected chi connectivity index (χ0v) is 9.68. The quantitative estimate of drug-likeness (QED) is 0.847. The first-order valence-electron chi connectivity index (χ1n) is 5.25. The molecule has 1 unspecified atom stereocenters. The molecule has 0 saturated carbocycles. The van der Waals surface area contributed by atoms with Crippen LogP contribution in [0.15, 0.2) is 29.0 Å². The first-order chi connectivity index (χ1) is 7.93. The highest BCUT2D eigenvalue weighted by Crippen LogP contribution is 2.32. The molecule has 1 aromatic carbocycles. The van der Waals surface area contributed by atoms with Crippen LogP contribution in [-0.2, 0) is 4.79 Å². The maximum Gasteiger partial charge on any atom is 0.311 e. The number of carboxylic acids is 1. The molecule has 17 heavy (non-hydrogen) atoms. The van der Waals surface area contributed by atoms with E-state index in [2.05, 4.69) is 4.98 Å². The molecular weight excluding hydrogens is 220 g/mol. The number of nitrogens with zero attached hydrogens (tertiary/aromatic N) is 1. The van der Waals surface area contributed by atoms with Crippen molar-refractivity contribution < 1.29 is 14.3 Å². The van der Waals surface area contributed by atoms with Crippen molar-refractivity contribution in [2.75, 3.05) is 0 Å². The van der Waals surface area contributed by atoms with Gasteiger partial charge in [0.05, 0.1) is 5.41 Å². The predicted molar refractivity (Wildman–Crippen MR) is 62.4 cm³/mol. The van der Waals surface area contributed by atoms with E-state index in [-0.39, 0.29) is 0 Å². The highest BCUT2D eigenvalue weighted by atomic mass is 16.4. The number of oxazole rings is 1. The zero-order chi connectivity index (χ0) is 12.6. The van der Waals surface area contributed by atoms with E-state index in [0.717, 1.165) is 11.1 Å². The lowest BCUT2D eigenvalue weighted by Crippen LogP contribution is -2.36. The van der Waals surface area contributed by atoms with Crippen LogP contribution in [0.5, 0.6) is 0 Å². The first-order valence-corrected chi connectivity index (χ1v) is 5.25. The summed E-state index contributed by atoms with van der Waals surface area (Å²) in [6.45, 7) is 3.20. The lowest BCUT2D eigenvalue weighted by molar-refractivity contribution is -0.148. The Labute approximate surface area is 98.2 Å². The fourth-order valence-corrected chi connectivity index (χ4v) is 1.61. The van der Waals surface area contributed by atoms with Crippen molar-refractivity contribution in [2.24, 2.45) is 11.1 Å².